The van der Waals surface area contributed by atoms with Crippen LogP contribution in [-0.2, 0) is 20.2 Å². The number of hydrogen-bond acceptors (Lipinski definition) is 4. The molecule has 1 aromatic rings. The summed E-state index contributed by atoms with van der Waals surface area (Å²) < 4.78 is 61.5. The van der Waals surface area contributed by atoms with Crippen LogP contribution in [0.1, 0.15) is 12.5 Å². The summed E-state index contributed by atoms with van der Waals surface area (Å²) in [5.74, 6) is 0. The third-order valence-electron chi connectivity index (χ3n) is 1.90. The van der Waals surface area contributed by atoms with Crippen molar-refractivity contribution in [2.24, 2.45) is 0 Å². The maximum atomic E-state index is 11.0. The van der Waals surface area contributed by atoms with Gasteiger partial charge in [0.2, 0.25) is 0 Å². The summed E-state index contributed by atoms with van der Waals surface area (Å²) in [6, 6.07) is 2.76. The third kappa shape index (κ3) is 4.83. The average Bonchev–Trinajstić information content (AvgIpc) is 2.15. The van der Waals surface area contributed by atoms with E-state index in [-0.39, 0.29) is 56.9 Å². The molecule has 9 heteroatoms. The van der Waals surface area contributed by atoms with E-state index in [0.717, 1.165) is 18.2 Å². The van der Waals surface area contributed by atoms with Gasteiger partial charge in [-0.2, -0.15) is 16.8 Å². The zero-order valence-electron chi connectivity index (χ0n) is 8.73. The second-order valence-corrected chi connectivity index (χ2v) is 5.96. The fourth-order valence-corrected chi connectivity index (χ4v) is 2.41. The zero-order valence-corrected chi connectivity index (χ0v) is 10.4. The molecule has 0 heterocycles. The van der Waals surface area contributed by atoms with Crippen molar-refractivity contribution in [1.29, 1.82) is 0 Å². The molecule has 18 heavy (non-hydrogen) atoms. The summed E-state index contributed by atoms with van der Waals surface area (Å²) in [7, 11) is -8.86. The Labute approximate surface area is 148 Å². The van der Waals surface area contributed by atoms with Crippen LogP contribution in [0.3, 0.4) is 0 Å². The van der Waals surface area contributed by atoms with Gasteiger partial charge in [0.25, 0.3) is 20.2 Å². The van der Waals surface area contributed by atoms with Crippen LogP contribution in [-0.4, -0.2) is 77.3 Å². The van der Waals surface area contributed by atoms with E-state index >= 15 is 0 Å². The van der Waals surface area contributed by atoms with E-state index < -0.39 is 30.0 Å². The van der Waals surface area contributed by atoms with Gasteiger partial charge in [-0.15, -0.1) is 0 Å². The van der Waals surface area contributed by atoms with Crippen LogP contribution in [0.4, 0.5) is 0 Å². The van der Waals surface area contributed by atoms with E-state index in [1.165, 1.54) is 12.2 Å². The van der Waals surface area contributed by atoms with Gasteiger partial charge >= 0.3 is 51.4 Å². The predicted molar refractivity (Wildman–Crippen MR) is 67.9 cm³/mol. The summed E-state index contributed by atoms with van der Waals surface area (Å²) in [5, 5.41) is 0. The average molecular weight is 318 g/mol. The standard InChI is InChI=1S/C9H10O6S2.K.H/c1-2-3-7-6-8(16(10,11)12)4-5-9(7)17(13,14)15;;/h2-6H,1H3,(H,10,11,12)(H,13,14,15);;. The summed E-state index contributed by atoms with van der Waals surface area (Å²) in [6.45, 7) is 1.59. The molecule has 0 aliphatic heterocycles. The van der Waals surface area contributed by atoms with Crippen molar-refractivity contribution in [3.63, 3.8) is 0 Å². The minimum atomic E-state index is -4.45. The Morgan fingerprint density at radius 3 is 2.00 bits per heavy atom. The van der Waals surface area contributed by atoms with Gasteiger partial charge in [0.1, 0.15) is 4.90 Å². The van der Waals surface area contributed by atoms with Crippen LogP contribution < -0.4 is 0 Å². The Balaban J connectivity index is 0.00000289. The van der Waals surface area contributed by atoms with Crippen molar-refractivity contribution in [3.05, 3.63) is 29.8 Å². The molecule has 0 bridgehead atoms. The van der Waals surface area contributed by atoms with Crippen molar-refractivity contribution in [1.82, 2.24) is 0 Å². The van der Waals surface area contributed by atoms with Gasteiger partial charge in [0.15, 0.2) is 0 Å². The first-order chi connectivity index (χ1) is 7.66. The van der Waals surface area contributed by atoms with Crippen molar-refractivity contribution < 1.29 is 25.9 Å². The molecule has 1 rings (SSSR count). The molecule has 0 atom stereocenters. The summed E-state index contributed by atoms with van der Waals surface area (Å²) in [4.78, 5) is -0.874. The molecule has 0 spiro atoms. The molecule has 0 saturated carbocycles. The van der Waals surface area contributed by atoms with Crippen LogP contribution in [0.5, 0.6) is 0 Å². The monoisotopic (exact) mass is 318 g/mol. The van der Waals surface area contributed by atoms with Gasteiger partial charge in [-0.3, -0.25) is 9.11 Å². The normalized spacial score (nSPS) is 12.4. The van der Waals surface area contributed by atoms with E-state index in [1.807, 2.05) is 0 Å². The molecule has 1 aromatic carbocycles. The first kappa shape index (κ1) is 18.4. The van der Waals surface area contributed by atoms with E-state index in [4.69, 9.17) is 9.11 Å². The summed E-state index contributed by atoms with van der Waals surface area (Å²) in [6.07, 6.45) is 2.77. The van der Waals surface area contributed by atoms with Gasteiger partial charge in [0.05, 0.1) is 4.90 Å². The maximum absolute atomic E-state index is 11.0. The predicted octanol–water partition coefficient (Wildman–Crippen LogP) is 0.565. The topological polar surface area (TPSA) is 109 Å². The molecule has 96 valence electrons. The van der Waals surface area contributed by atoms with E-state index in [2.05, 4.69) is 0 Å². The second kappa shape index (κ2) is 6.73. The summed E-state index contributed by atoms with van der Waals surface area (Å²) in [5.41, 5.74) is -0.0230. The molecule has 0 aliphatic carbocycles. The quantitative estimate of drug-likeness (QED) is 0.623. The molecule has 0 saturated heterocycles. The molecule has 0 unspecified atom stereocenters. The Morgan fingerprint density at radius 1 is 1.06 bits per heavy atom. The van der Waals surface area contributed by atoms with Crippen molar-refractivity contribution in [2.45, 2.75) is 16.7 Å². The Bertz CT molecular complexity index is 660. The fraction of sp³-hybridized carbons (Fsp3) is 0.111. The molecule has 0 aromatic heterocycles. The zero-order chi connectivity index (χ0) is 13.3. The SMILES string of the molecule is CC=Cc1cc(S(=O)(=O)O)ccc1S(=O)(=O)O.[KH]. The van der Waals surface area contributed by atoms with Crippen LogP contribution in [0, 0.1) is 0 Å². The van der Waals surface area contributed by atoms with Gasteiger partial charge in [0, 0.05) is 0 Å². The summed E-state index contributed by atoms with van der Waals surface area (Å²) >= 11 is 0. The van der Waals surface area contributed by atoms with Gasteiger partial charge in [-0.1, -0.05) is 12.2 Å². The second-order valence-electron chi connectivity index (χ2n) is 3.15. The number of rotatable bonds is 3. The molecule has 0 fully saturated rings. The molecule has 0 radical (unpaired) electrons. The van der Waals surface area contributed by atoms with E-state index in [9.17, 15) is 16.8 Å². The van der Waals surface area contributed by atoms with Crippen molar-refractivity contribution in [3.8, 4) is 0 Å². The minimum absolute atomic E-state index is 0. The van der Waals surface area contributed by atoms with E-state index in [1.54, 1.807) is 6.92 Å². The molecular weight excluding hydrogens is 307 g/mol. The van der Waals surface area contributed by atoms with Crippen molar-refractivity contribution in [2.75, 3.05) is 0 Å². The van der Waals surface area contributed by atoms with Crippen LogP contribution in [0.15, 0.2) is 34.1 Å². The Kier molecular flexibility index (Phi) is 6.88. The number of allylic oxidation sites excluding steroid dienone is 1. The van der Waals surface area contributed by atoms with Crippen LogP contribution in [0.2, 0.25) is 0 Å². The van der Waals surface area contributed by atoms with Gasteiger partial charge in [-0.05, 0) is 30.7 Å². The first-order valence-electron chi connectivity index (χ1n) is 4.38. The first-order valence-corrected chi connectivity index (χ1v) is 7.26. The number of hydrogen-bond donors (Lipinski definition) is 2. The molecular formula is C9H11KO6S2. The van der Waals surface area contributed by atoms with Crippen LogP contribution >= 0.6 is 0 Å². The third-order valence-corrected chi connectivity index (χ3v) is 3.68. The Hall–Kier alpha value is 0.416. The fourth-order valence-electron chi connectivity index (χ4n) is 1.23. The molecule has 0 amide bonds. The van der Waals surface area contributed by atoms with Crippen molar-refractivity contribution >= 4 is 77.7 Å². The molecule has 0 aliphatic rings. The molecule has 6 nitrogen and oxygen atoms in total. The number of benzene rings is 1. The van der Waals surface area contributed by atoms with Gasteiger partial charge < -0.3 is 0 Å². The Morgan fingerprint density at radius 2 is 1.61 bits per heavy atom. The molecule has 2 N–H and O–H groups in total. The van der Waals surface area contributed by atoms with Crippen LogP contribution in [0.25, 0.3) is 6.08 Å². The van der Waals surface area contributed by atoms with E-state index in [0.29, 0.717) is 0 Å². The van der Waals surface area contributed by atoms with Gasteiger partial charge in [-0.25, -0.2) is 0 Å².